The van der Waals surface area contributed by atoms with E-state index in [0.29, 0.717) is 24.5 Å². The van der Waals surface area contributed by atoms with Crippen LogP contribution in [0.25, 0.3) is 10.8 Å². The van der Waals surface area contributed by atoms with Crippen LogP contribution in [0.5, 0.6) is 11.5 Å². The molecule has 0 spiro atoms. The van der Waals surface area contributed by atoms with Gasteiger partial charge in [-0.2, -0.15) is 0 Å². The van der Waals surface area contributed by atoms with E-state index in [4.69, 9.17) is 9.47 Å². The van der Waals surface area contributed by atoms with Gasteiger partial charge in [0.2, 0.25) is 5.91 Å². The number of benzene rings is 3. The van der Waals surface area contributed by atoms with Crippen molar-refractivity contribution in [3.8, 4) is 11.5 Å². The Morgan fingerprint density at radius 1 is 1.03 bits per heavy atom. The highest BCUT2D eigenvalue weighted by Crippen LogP contribution is 2.50. The van der Waals surface area contributed by atoms with Crippen LogP contribution >= 0.6 is 0 Å². The van der Waals surface area contributed by atoms with Crippen LogP contribution in [0.15, 0.2) is 60.7 Å². The lowest BCUT2D eigenvalue weighted by Crippen LogP contribution is -2.56. The fraction of sp³-hybridized carbons (Fsp3) is 0.414. The molecule has 5 rings (SSSR count). The molecule has 3 aromatic carbocycles. The number of hydrogen-bond acceptors (Lipinski definition) is 5. The van der Waals surface area contributed by atoms with Gasteiger partial charge in [0.1, 0.15) is 0 Å². The molecule has 0 aromatic heterocycles. The van der Waals surface area contributed by atoms with Gasteiger partial charge in [0, 0.05) is 29.6 Å². The first-order valence-corrected chi connectivity index (χ1v) is 12.5. The van der Waals surface area contributed by atoms with Crippen molar-refractivity contribution in [2.24, 2.45) is 5.92 Å². The molecule has 2 aliphatic rings. The zero-order chi connectivity index (χ0) is 24.4. The Bertz CT molecular complexity index is 1210. The number of carbonyl (C=O) groups excluding carboxylic acids is 1. The van der Waals surface area contributed by atoms with Gasteiger partial charge >= 0.3 is 0 Å². The summed E-state index contributed by atoms with van der Waals surface area (Å²) in [5, 5.41) is 16.8. The Hall–Kier alpha value is -3.09. The molecule has 184 valence electrons. The number of piperidine rings is 1. The van der Waals surface area contributed by atoms with Crippen molar-refractivity contribution in [1.82, 2.24) is 4.90 Å². The summed E-state index contributed by atoms with van der Waals surface area (Å²) in [5.74, 6) is 1.35. The number of aliphatic hydroxyl groups is 1. The van der Waals surface area contributed by atoms with E-state index >= 15 is 0 Å². The molecule has 0 bridgehead atoms. The van der Waals surface area contributed by atoms with Gasteiger partial charge in [-0.3, -0.25) is 9.69 Å². The number of carbonyl (C=O) groups is 1. The largest absolute Gasteiger partial charge is 0.493 e. The topological polar surface area (TPSA) is 71.0 Å². The monoisotopic (exact) mass is 474 g/mol. The second kappa shape index (κ2) is 9.88. The zero-order valence-electron chi connectivity index (χ0n) is 20.5. The third kappa shape index (κ3) is 4.60. The van der Waals surface area contributed by atoms with E-state index in [-0.39, 0.29) is 24.4 Å². The number of likely N-dealkylation sites (tertiary alicyclic amines) is 1. The fourth-order valence-electron chi connectivity index (χ4n) is 6.11. The molecule has 2 fully saturated rings. The lowest BCUT2D eigenvalue weighted by molar-refractivity contribution is -0.135. The number of rotatable bonds is 6. The molecule has 3 atom stereocenters. The predicted octanol–water partition coefficient (Wildman–Crippen LogP) is 5.16. The predicted molar refractivity (Wildman–Crippen MR) is 138 cm³/mol. The maximum atomic E-state index is 13.3. The van der Waals surface area contributed by atoms with E-state index in [1.54, 1.807) is 14.2 Å². The van der Waals surface area contributed by atoms with Gasteiger partial charge in [-0.05, 0) is 48.4 Å². The van der Waals surface area contributed by atoms with Gasteiger partial charge in [-0.1, -0.05) is 55.3 Å². The number of methoxy groups -OCH3 is 2. The van der Waals surface area contributed by atoms with Crippen LogP contribution in [0.2, 0.25) is 0 Å². The number of amides is 1. The summed E-state index contributed by atoms with van der Waals surface area (Å²) < 4.78 is 11.0. The normalized spacial score (nSPS) is 24.5. The maximum Gasteiger partial charge on any atom is 0.238 e. The van der Waals surface area contributed by atoms with Crippen LogP contribution in [0, 0.1) is 5.92 Å². The van der Waals surface area contributed by atoms with Crippen molar-refractivity contribution in [1.29, 1.82) is 0 Å². The number of anilines is 1. The van der Waals surface area contributed by atoms with Gasteiger partial charge in [0.15, 0.2) is 11.5 Å². The number of fused-ring (bicyclic) bond motifs is 2. The molecular weight excluding hydrogens is 440 g/mol. The first kappa shape index (κ1) is 23.6. The first-order valence-electron chi connectivity index (χ1n) is 12.5. The molecule has 2 N–H and O–H groups in total. The summed E-state index contributed by atoms with van der Waals surface area (Å²) in [4.78, 5) is 15.5. The Morgan fingerprint density at radius 2 is 1.83 bits per heavy atom. The number of ether oxygens (including phenoxy) is 2. The first-order chi connectivity index (χ1) is 17.0. The lowest BCUT2D eigenvalue weighted by Gasteiger charge is -2.52. The SMILES string of the molecule is COc1ccc([C@@H]2[C@@H]3CCCC[C@]3(O)CCN2CC(=O)Nc2cccc3ccccc23)cc1OC. The summed E-state index contributed by atoms with van der Waals surface area (Å²) in [6.45, 7) is 0.920. The van der Waals surface area contributed by atoms with Gasteiger partial charge < -0.3 is 19.9 Å². The third-order valence-electron chi connectivity index (χ3n) is 7.83. The van der Waals surface area contributed by atoms with E-state index in [2.05, 4.69) is 10.2 Å². The van der Waals surface area contributed by atoms with Gasteiger partial charge in [0.05, 0.1) is 26.4 Å². The number of hydrogen-bond donors (Lipinski definition) is 2. The zero-order valence-corrected chi connectivity index (χ0v) is 20.5. The van der Waals surface area contributed by atoms with Crippen molar-refractivity contribution in [2.75, 3.05) is 32.6 Å². The van der Waals surface area contributed by atoms with E-state index in [0.717, 1.165) is 47.7 Å². The Balaban J connectivity index is 1.44. The van der Waals surface area contributed by atoms with Gasteiger partial charge in [0.25, 0.3) is 0 Å². The van der Waals surface area contributed by atoms with Crippen LogP contribution in [-0.4, -0.2) is 48.8 Å². The third-order valence-corrected chi connectivity index (χ3v) is 7.83. The van der Waals surface area contributed by atoms with Crippen LogP contribution in [0.1, 0.15) is 43.7 Å². The second-order valence-electron chi connectivity index (χ2n) is 9.81. The molecule has 1 saturated carbocycles. The molecule has 6 heteroatoms. The lowest BCUT2D eigenvalue weighted by atomic mass is 9.66. The average Bonchev–Trinajstić information content (AvgIpc) is 2.88. The molecule has 0 radical (unpaired) electrons. The molecule has 1 heterocycles. The number of nitrogens with one attached hydrogen (secondary N) is 1. The number of nitrogens with zero attached hydrogens (tertiary/aromatic N) is 1. The molecule has 0 unspecified atom stereocenters. The van der Waals surface area contributed by atoms with Crippen molar-refractivity contribution >= 4 is 22.4 Å². The summed E-state index contributed by atoms with van der Waals surface area (Å²) in [6, 6.07) is 19.9. The molecule has 1 aliphatic heterocycles. The molecule has 1 saturated heterocycles. The minimum atomic E-state index is -0.696. The summed E-state index contributed by atoms with van der Waals surface area (Å²) in [7, 11) is 3.26. The molecular formula is C29H34N2O4. The molecule has 6 nitrogen and oxygen atoms in total. The molecule has 35 heavy (non-hydrogen) atoms. The minimum Gasteiger partial charge on any atom is -0.493 e. The Labute approximate surface area is 206 Å². The standard InChI is InChI=1S/C29H34N2O4/c1-34-25-14-13-21(18-26(25)35-2)28-23-11-5-6-15-29(23,33)16-17-31(28)19-27(32)30-24-12-7-9-20-8-3-4-10-22(20)24/h3-4,7-10,12-14,18,23,28,33H,5-6,11,15-17,19H2,1-2H3,(H,30,32)/t23-,28+,29-/m0/s1. The molecule has 1 amide bonds. The summed E-state index contributed by atoms with van der Waals surface area (Å²) >= 11 is 0. The van der Waals surface area contributed by atoms with E-state index in [1.165, 1.54) is 0 Å². The summed E-state index contributed by atoms with van der Waals surface area (Å²) in [6.07, 6.45) is 4.58. The van der Waals surface area contributed by atoms with Crippen LogP contribution in [-0.2, 0) is 4.79 Å². The van der Waals surface area contributed by atoms with E-state index in [1.807, 2.05) is 60.7 Å². The van der Waals surface area contributed by atoms with Crippen LogP contribution in [0.4, 0.5) is 5.69 Å². The quantitative estimate of drug-likeness (QED) is 0.516. The van der Waals surface area contributed by atoms with E-state index in [9.17, 15) is 9.90 Å². The molecule has 1 aliphatic carbocycles. The highest BCUT2D eigenvalue weighted by atomic mass is 16.5. The Morgan fingerprint density at radius 3 is 2.66 bits per heavy atom. The summed E-state index contributed by atoms with van der Waals surface area (Å²) in [5.41, 5.74) is 1.17. The highest BCUT2D eigenvalue weighted by molar-refractivity contribution is 6.02. The minimum absolute atomic E-state index is 0.0481. The second-order valence-corrected chi connectivity index (χ2v) is 9.81. The fourth-order valence-corrected chi connectivity index (χ4v) is 6.11. The van der Waals surface area contributed by atoms with Crippen molar-refractivity contribution in [2.45, 2.75) is 43.7 Å². The van der Waals surface area contributed by atoms with Gasteiger partial charge in [-0.25, -0.2) is 0 Å². The Kier molecular flexibility index (Phi) is 6.67. The average molecular weight is 475 g/mol. The maximum absolute atomic E-state index is 13.3. The van der Waals surface area contributed by atoms with E-state index < -0.39 is 5.60 Å². The highest BCUT2D eigenvalue weighted by Gasteiger charge is 2.49. The van der Waals surface area contributed by atoms with Crippen molar-refractivity contribution in [3.63, 3.8) is 0 Å². The van der Waals surface area contributed by atoms with Crippen molar-refractivity contribution < 1.29 is 19.4 Å². The van der Waals surface area contributed by atoms with Gasteiger partial charge in [-0.15, -0.1) is 0 Å². The molecule has 3 aromatic rings. The van der Waals surface area contributed by atoms with Crippen LogP contribution in [0.3, 0.4) is 0 Å². The van der Waals surface area contributed by atoms with Crippen LogP contribution < -0.4 is 14.8 Å². The van der Waals surface area contributed by atoms with Crippen molar-refractivity contribution in [3.05, 3.63) is 66.2 Å². The smallest absolute Gasteiger partial charge is 0.238 e.